The Kier molecular flexibility index (Phi) is 6.07. The fourth-order valence-corrected chi connectivity index (χ4v) is 6.91. The predicted octanol–water partition coefficient (Wildman–Crippen LogP) is 5.86. The number of ether oxygens (including phenoxy) is 3. The molecular weight excluding hydrogens is 466 g/mol. The highest BCUT2D eigenvalue weighted by Gasteiger charge is 2.50. The van der Waals surface area contributed by atoms with Crippen LogP contribution < -0.4 is 9.47 Å². The van der Waals surface area contributed by atoms with Crippen molar-refractivity contribution in [3.05, 3.63) is 83.4 Å². The average Bonchev–Trinajstić information content (AvgIpc) is 3.24. The summed E-state index contributed by atoms with van der Waals surface area (Å²) < 4.78 is 17.3. The number of amides is 1. The summed E-state index contributed by atoms with van der Waals surface area (Å²) in [6.45, 7) is 0.299. The van der Waals surface area contributed by atoms with Gasteiger partial charge in [-0.1, -0.05) is 54.6 Å². The van der Waals surface area contributed by atoms with Crippen LogP contribution in [0, 0.1) is 0 Å². The van der Waals surface area contributed by atoms with Crippen LogP contribution in [-0.4, -0.2) is 49.0 Å². The van der Waals surface area contributed by atoms with Gasteiger partial charge in [0.05, 0.1) is 19.8 Å². The minimum atomic E-state index is -1.15. The van der Waals surface area contributed by atoms with E-state index >= 15 is 0 Å². The smallest absolute Gasteiger partial charge is 0.410 e. The van der Waals surface area contributed by atoms with Gasteiger partial charge in [-0.25, -0.2) is 4.79 Å². The first kappa shape index (κ1) is 23.9. The van der Waals surface area contributed by atoms with E-state index in [4.69, 9.17) is 14.2 Å². The molecule has 0 radical (unpaired) electrons. The van der Waals surface area contributed by atoms with E-state index in [9.17, 15) is 9.90 Å². The van der Waals surface area contributed by atoms with Gasteiger partial charge in [0.25, 0.3) is 0 Å². The molecule has 6 heteroatoms. The molecule has 2 unspecified atom stereocenters. The van der Waals surface area contributed by atoms with Gasteiger partial charge in [0.2, 0.25) is 0 Å². The number of carbonyl (C=O) groups excluding carboxylic acids is 1. The lowest BCUT2D eigenvalue weighted by molar-refractivity contribution is -0.0907. The van der Waals surface area contributed by atoms with Crippen molar-refractivity contribution in [3.63, 3.8) is 0 Å². The number of nitrogens with zero attached hydrogens (tertiary/aromatic N) is 1. The number of hydrogen-bond donors (Lipinski definition) is 1. The van der Waals surface area contributed by atoms with Gasteiger partial charge in [-0.05, 0) is 53.6 Å². The fourth-order valence-electron chi connectivity index (χ4n) is 6.91. The lowest BCUT2D eigenvalue weighted by Gasteiger charge is -2.51. The number of fused-ring (bicyclic) bond motifs is 5. The highest BCUT2D eigenvalue weighted by molar-refractivity contribution is 5.79. The van der Waals surface area contributed by atoms with Gasteiger partial charge in [0.15, 0.2) is 0 Å². The van der Waals surface area contributed by atoms with Crippen LogP contribution in [0.3, 0.4) is 0 Å². The van der Waals surface area contributed by atoms with E-state index in [1.165, 1.54) is 22.3 Å². The summed E-state index contributed by atoms with van der Waals surface area (Å²) in [7, 11) is 3.21. The molecule has 37 heavy (non-hydrogen) atoms. The van der Waals surface area contributed by atoms with Crippen molar-refractivity contribution in [2.45, 2.75) is 55.7 Å². The summed E-state index contributed by atoms with van der Waals surface area (Å²) in [6.07, 6.45) is 3.25. The van der Waals surface area contributed by atoms with E-state index in [-0.39, 0.29) is 24.1 Å². The summed E-state index contributed by atoms with van der Waals surface area (Å²) in [5.41, 5.74) is 4.35. The maximum atomic E-state index is 13.6. The molecule has 2 saturated heterocycles. The summed E-state index contributed by atoms with van der Waals surface area (Å²) in [5.74, 6) is 1.24. The number of hydrogen-bond acceptors (Lipinski definition) is 5. The monoisotopic (exact) mass is 499 g/mol. The molecule has 1 amide bonds. The van der Waals surface area contributed by atoms with Crippen molar-refractivity contribution in [3.8, 4) is 22.6 Å². The molecule has 3 aromatic carbocycles. The van der Waals surface area contributed by atoms with E-state index in [0.29, 0.717) is 36.5 Å². The lowest BCUT2D eigenvalue weighted by atomic mass is 9.72. The zero-order valence-corrected chi connectivity index (χ0v) is 21.4. The SMILES string of the molecule is COc1cccc(OC)c1C1(O)CC2CCCC(C1)N2C(=O)OCC1c2ccccc2-c2ccccc21. The quantitative estimate of drug-likeness (QED) is 0.476. The van der Waals surface area contributed by atoms with Gasteiger partial charge in [0.1, 0.15) is 23.7 Å². The molecule has 2 bridgehead atoms. The number of methoxy groups -OCH3 is 2. The largest absolute Gasteiger partial charge is 0.496 e. The molecule has 3 aliphatic rings. The first-order valence-corrected chi connectivity index (χ1v) is 13.1. The topological polar surface area (TPSA) is 68.2 Å². The molecule has 0 aromatic heterocycles. The second-order valence-electron chi connectivity index (χ2n) is 10.4. The van der Waals surface area contributed by atoms with Crippen LogP contribution >= 0.6 is 0 Å². The Balaban J connectivity index is 1.23. The van der Waals surface area contributed by atoms with Gasteiger partial charge in [0, 0.05) is 30.8 Å². The van der Waals surface area contributed by atoms with Crippen LogP contribution in [0.2, 0.25) is 0 Å². The third-order valence-corrected chi connectivity index (χ3v) is 8.45. The molecule has 1 N–H and O–H groups in total. The van der Waals surface area contributed by atoms with E-state index in [0.717, 1.165) is 19.3 Å². The Morgan fingerprint density at radius 1 is 0.865 bits per heavy atom. The Hall–Kier alpha value is -3.51. The molecule has 192 valence electrons. The first-order chi connectivity index (χ1) is 18.0. The highest BCUT2D eigenvalue weighted by atomic mass is 16.6. The minimum Gasteiger partial charge on any atom is -0.496 e. The highest BCUT2D eigenvalue weighted by Crippen LogP contribution is 2.50. The molecule has 6 nitrogen and oxygen atoms in total. The van der Waals surface area contributed by atoms with Gasteiger partial charge in [-0.2, -0.15) is 0 Å². The second kappa shape index (κ2) is 9.42. The second-order valence-corrected chi connectivity index (χ2v) is 10.4. The normalized spacial score (nSPS) is 24.2. The van der Waals surface area contributed by atoms with Crippen LogP contribution in [-0.2, 0) is 10.3 Å². The third-order valence-electron chi connectivity index (χ3n) is 8.45. The number of benzene rings is 3. The van der Waals surface area contributed by atoms with Crippen molar-refractivity contribution in [1.82, 2.24) is 4.90 Å². The van der Waals surface area contributed by atoms with E-state index in [2.05, 4.69) is 36.4 Å². The lowest BCUT2D eigenvalue weighted by Crippen LogP contribution is -2.59. The van der Waals surface area contributed by atoms with E-state index in [1.807, 2.05) is 35.2 Å². The first-order valence-electron chi connectivity index (χ1n) is 13.1. The molecule has 2 aliphatic heterocycles. The molecule has 6 rings (SSSR count). The molecular formula is C31H33NO5. The maximum absolute atomic E-state index is 13.6. The maximum Gasteiger partial charge on any atom is 0.410 e. The predicted molar refractivity (Wildman–Crippen MR) is 141 cm³/mol. The number of carbonyl (C=O) groups is 1. The molecule has 2 atom stereocenters. The Labute approximate surface area is 217 Å². The van der Waals surface area contributed by atoms with Crippen molar-refractivity contribution < 1.29 is 24.1 Å². The number of piperidine rings is 2. The van der Waals surface area contributed by atoms with Crippen molar-refractivity contribution in [2.24, 2.45) is 0 Å². The minimum absolute atomic E-state index is 0.0238. The van der Waals surface area contributed by atoms with Crippen molar-refractivity contribution in [1.29, 1.82) is 0 Å². The summed E-state index contributed by atoms with van der Waals surface area (Å²) in [4.78, 5) is 15.5. The average molecular weight is 500 g/mol. The van der Waals surface area contributed by atoms with Crippen LogP contribution in [0.5, 0.6) is 11.5 Å². The van der Waals surface area contributed by atoms with Crippen LogP contribution in [0.1, 0.15) is 54.7 Å². The van der Waals surface area contributed by atoms with Crippen molar-refractivity contribution >= 4 is 6.09 Å². The van der Waals surface area contributed by atoms with Gasteiger partial charge < -0.3 is 24.2 Å². The summed E-state index contributed by atoms with van der Waals surface area (Å²) >= 11 is 0. The van der Waals surface area contributed by atoms with E-state index in [1.54, 1.807) is 14.2 Å². The number of aliphatic hydroxyl groups is 1. The summed E-state index contributed by atoms with van der Waals surface area (Å²) in [6, 6.07) is 22.1. The zero-order valence-electron chi connectivity index (χ0n) is 21.4. The zero-order chi connectivity index (χ0) is 25.6. The van der Waals surface area contributed by atoms with Gasteiger partial charge in [-0.15, -0.1) is 0 Å². The molecule has 3 aromatic rings. The standard InChI is InChI=1S/C31H33NO5/c1-35-27-15-8-16-28(36-2)29(27)31(34)17-20-9-7-10-21(18-31)32(20)30(33)37-19-26-24-13-5-3-11-22(24)23-12-4-6-14-25(23)26/h3-6,8,11-16,20-21,26,34H,7,9-10,17-19H2,1-2H3. The van der Waals surface area contributed by atoms with Crippen LogP contribution in [0.15, 0.2) is 66.7 Å². The van der Waals surface area contributed by atoms with Crippen LogP contribution in [0.25, 0.3) is 11.1 Å². The molecule has 0 saturated carbocycles. The fraction of sp³-hybridized carbons (Fsp3) is 0.387. The van der Waals surface area contributed by atoms with E-state index < -0.39 is 5.60 Å². The third kappa shape index (κ3) is 3.95. The Bertz CT molecular complexity index is 1240. The number of rotatable bonds is 5. The van der Waals surface area contributed by atoms with Crippen molar-refractivity contribution in [2.75, 3.05) is 20.8 Å². The molecule has 2 fully saturated rings. The molecule has 2 heterocycles. The van der Waals surface area contributed by atoms with Gasteiger partial charge in [-0.3, -0.25) is 0 Å². The Morgan fingerprint density at radius 2 is 1.41 bits per heavy atom. The van der Waals surface area contributed by atoms with Crippen LogP contribution in [0.4, 0.5) is 4.79 Å². The molecule has 0 spiro atoms. The summed E-state index contributed by atoms with van der Waals surface area (Å²) in [5, 5.41) is 12.0. The Morgan fingerprint density at radius 3 is 1.95 bits per heavy atom. The molecule has 1 aliphatic carbocycles. The van der Waals surface area contributed by atoms with Gasteiger partial charge >= 0.3 is 6.09 Å².